The molecule has 1 fully saturated rings. The number of carbonyl (C=O) groups is 2. The van der Waals surface area contributed by atoms with Gasteiger partial charge in [0, 0.05) is 24.3 Å². The number of hydrogen-bond donors (Lipinski definition) is 2. The Morgan fingerprint density at radius 3 is 2.74 bits per heavy atom. The first-order valence-electron chi connectivity index (χ1n) is 6.61. The highest BCUT2D eigenvalue weighted by Crippen LogP contribution is 2.19. The van der Waals surface area contributed by atoms with Crippen molar-refractivity contribution in [3.8, 4) is 0 Å². The molecule has 0 atom stereocenters. The molecule has 1 heterocycles. The Morgan fingerprint density at radius 1 is 1.37 bits per heavy atom. The normalized spacial score (nSPS) is 14.3. The maximum Gasteiger partial charge on any atom is 0.270 e. The smallest absolute Gasteiger partial charge is 0.270 e. The largest absolute Gasteiger partial charge is 0.352 e. The van der Waals surface area contributed by atoms with Crippen LogP contribution in [0.15, 0.2) is 18.3 Å². The third-order valence-electron chi connectivity index (χ3n) is 2.84. The fourth-order valence-electron chi connectivity index (χ4n) is 1.58. The van der Waals surface area contributed by atoms with Crippen LogP contribution in [0.5, 0.6) is 0 Å². The standard InChI is InChI=1S/C14H19N3O2/c1-9(2)8-16-13(18)10-5-6-15-12(7-10)14(19)17-11-3-4-11/h5-7,9,11H,3-4,8H2,1-2H3,(H,16,18)(H,17,19). The number of rotatable bonds is 5. The Morgan fingerprint density at radius 2 is 2.11 bits per heavy atom. The lowest BCUT2D eigenvalue weighted by atomic mass is 10.2. The highest BCUT2D eigenvalue weighted by atomic mass is 16.2. The van der Waals surface area contributed by atoms with Crippen LogP contribution >= 0.6 is 0 Å². The summed E-state index contributed by atoms with van der Waals surface area (Å²) in [4.78, 5) is 27.7. The molecule has 1 saturated carbocycles. The van der Waals surface area contributed by atoms with Gasteiger partial charge in [0.25, 0.3) is 11.8 Å². The lowest BCUT2D eigenvalue weighted by Gasteiger charge is -2.08. The summed E-state index contributed by atoms with van der Waals surface area (Å²) >= 11 is 0. The number of carbonyl (C=O) groups excluding carboxylic acids is 2. The molecule has 0 aromatic carbocycles. The fourth-order valence-corrected chi connectivity index (χ4v) is 1.58. The average molecular weight is 261 g/mol. The lowest BCUT2D eigenvalue weighted by molar-refractivity contribution is 0.0946. The summed E-state index contributed by atoms with van der Waals surface area (Å²) in [5, 5.41) is 5.67. The molecule has 1 aliphatic carbocycles. The van der Waals surface area contributed by atoms with Gasteiger partial charge in [0.15, 0.2) is 0 Å². The molecule has 1 aliphatic rings. The summed E-state index contributed by atoms with van der Waals surface area (Å²) < 4.78 is 0. The van der Waals surface area contributed by atoms with E-state index in [2.05, 4.69) is 15.6 Å². The molecule has 5 heteroatoms. The Hall–Kier alpha value is -1.91. The van der Waals surface area contributed by atoms with Crippen LogP contribution in [0.1, 0.15) is 47.5 Å². The second-order valence-corrected chi connectivity index (χ2v) is 5.28. The van der Waals surface area contributed by atoms with Gasteiger partial charge in [-0.05, 0) is 30.9 Å². The van der Waals surface area contributed by atoms with E-state index in [0.29, 0.717) is 23.7 Å². The predicted molar refractivity (Wildman–Crippen MR) is 71.9 cm³/mol. The minimum atomic E-state index is -0.207. The third-order valence-corrected chi connectivity index (χ3v) is 2.84. The maximum absolute atomic E-state index is 11.9. The number of hydrogen-bond acceptors (Lipinski definition) is 3. The molecule has 102 valence electrons. The van der Waals surface area contributed by atoms with Crippen molar-refractivity contribution < 1.29 is 9.59 Å². The molecule has 0 saturated heterocycles. The lowest BCUT2D eigenvalue weighted by Crippen LogP contribution is -2.29. The molecule has 2 amide bonds. The summed E-state index contributed by atoms with van der Waals surface area (Å²) in [7, 11) is 0. The van der Waals surface area contributed by atoms with Gasteiger partial charge in [-0.3, -0.25) is 14.6 Å². The summed E-state index contributed by atoms with van der Waals surface area (Å²) in [5.41, 5.74) is 0.765. The zero-order valence-electron chi connectivity index (χ0n) is 11.3. The summed E-state index contributed by atoms with van der Waals surface area (Å²) in [6.45, 7) is 4.67. The quantitative estimate of drug-likeness (QED) is 0.840. The van der Waals surface area contributed by atoms with Crippen molar-refractivity contribution in [1.29, 1.82) is 0 Å². The van der Waals surface area contributed by atoms with Gasteiger partial charge in [0.2, 0.25) is 0 Å². The number of pyridine rings is 1. The van der Waals surface area contributed by atoms with E-state index < -0.39 is 0 Å². The molecular formula is C14H19N3O2. The maximum atomic E-state index is 11.9. The van der Waals surface area contributed by atoms with Gasteiger partial charge in [-0.2, -0.15) is 0 Å². The monoisotopic (exact) mass is 261 g/mol. The highest BCUT2D eigenvalue weighted by molar-refractivity contribution is 5.98. The molecule has 1 aromatic heterocycles. The van der Waals surface area contributed by atoms with Crippen molar-refractivity contribution >= 4 is 11.8 Å². The fraction of sp³-hybridized carbons (Fsp3) is 0.500. The van der Waals surface area contributed by atoms with Crippen molar-refractivity contribution in [2.75, 3.05) is 6.54 Å². The van der Waals surface area contributed by atoms with E-state index in [1.54, 1.807) is 6.07 Å². The SMILES string of the molecule is CC(C)CNC(=O)c1ccnc(C(=O)NC2CC2)c1. The van der Waals surface area contributed by atoms with Gasteiger partial charge in [0.05, 0.1) is 0 Å². The summed E-state index contributed by atoms with van der Waals surface area (Å²) in [5.74, 6) is 0.0148. The van der Waals surface area contributed by atoms with Gasteiger partial charge in [-0.15, -0.1) is 0 Å². The Balaban J connectivity index is 2.01. The van der Waals surface area contributed by atoms with Crippen LogP contribution in [0.25, 0.3) is 0 Å². The van der Waals surface area contributed by atoms with E-state index in [1.807, 2.05) is 13.8 Å². The molecule has 0 aliphatic heterocycles. The zero-order valence-corrected chi connectivity index (χ0v) is 11.3. The second kappa shape index (κ2) is 5.82. The predicted octanol–water partition coefficient (Wildman–Crippen LogP) is 1.36. The Kier molecular flexibility index (Phi) is 4.14. The van der Waals surface area contributed by atoms with Crippen LogP contribution < -0.4 is 10.6 Å². The van der Waals surface area contributed by atoms with E-state index in [-0.39, 0.29) is 17.9 Å². The first-order valence-corrected chi connectivity index (χ1v) is 6.61. The molecule has 0 unspecified atom stereocenters. The summed E-state index contributed by atoms with van der Waals surface area (Å²) in [6.07, 6.45) is 3.55. The summed E-state index contributed by atoms with van der Waals surface area (Å²) in [6, 6.07) is 3.43. The van der Waals surface area contributed by atoms with Crippen LogP contribution in [0.2, 0.25) is 0 Å². The molecule has 0 radical (unpaired) electrons. The van der Waals surface area contributed by atoms with Crippen molar-refractivity contribution in [3.05, 3.63) is 29.6 Å². The highest BCUT2D eigenvalue weighted by Gasteiger charge is 2.24. The van der Waals surface area contributed by atoms with E-state index in [9.17, 15) is 9.59 Å². The number of amides is 2. The van der Waals surface area contributed by atoms with Crippen molar-refractivity contribution in [3.63, 3.8) is 0 Å². The second-order valence-electron chi connectivity index (χ2n) is 5.28. The Labute approximate surface area is 112 Å². The molecule has 19 heavy (non-hydrogen) atoms. The van der Waals surface area contributed by atoms with Crippen molar-refractivity contribution in [2.24, 2.45) is 5.92 Å². The number of nitrogens with one attached hydrogen (secondary N) is 2. The number of aromatic nitrogens is 1. The molecule has 0 bridgehead atoms. The number of nitrogens with zero attached hydrogens (tertiary/aromatic N) is 1. The molecule has 5 nitrogen and oxygen atoms in total. The molecule has 0 spiro atoms. The van der Waals surface area contributed by atoms with E-state index >= 15 is 0 Å². The van der Waals surface area contributed by atoms with Gasteiger partial charge < -0.3 is 10.6 Å². The van der Waals surface area contributed by atoms with Crippen LogP contribution in [0.4, 0.5) is 0 Å². The average Bonchev–Trinajstić information content (AvgIpc) is 3.20. The van der Waals surface area contributed by atoms with Crippen molar-refractivity contribution in [2.45, 2.75) is 32.7 Å². The van der Waals surface area contributed by atoms with Crippen LogP contribution in [0.3, 0.4) is 0 Å². The van der Waals surface area contributed by atoms with Crippen LogP contribution in [-0.4, -0.2) is 29.4 Å². The molecular weight excluding hydrogens is 242 g/mol. The van der Waals surface area contributed by atoms with Gasteiger partial charge in [0.1, 0.15) is 5.69 Å². The van der Waals surface area contributed by atoms with Crippen LogP contribution in [-0.2, 0) is 0 Å². The molecule has 2 rings (SSSR count). The topological polar surface area (TPSA) is 71.1 Å². The van der Waals surface area contributed by atoms with Crippen molar-refractivity contribution in [1.82, 2.24) is 15.6 Å². The zero-order chi connectivity index (χ0) is 13.8. The molecule has 1 aromatic rings. The van der Waals surface area contributed by atoms with Gasteiger partial charge in [-0.1, -0.05) is 13.8 Å². The third kappa shape index (κ3) is 4.05. The van der Waals surface area contributed by atoms with Gasteiger partial charge >= 0.3 is 0 Å². The van der Waals surface area contributed by atoms with E-state index in [1.165, 1.54) is 12.3 Å². The van der Waals surface area contributed by atoms with E-state index in [0.717, 1.165) is 12.8 Å². The van der Waals surface area contributed by atoms with Crippen LogP contribution in [0, 0.1) is 5.92 Å². The minimum Gasteiger partial charge on any atom is -0.352 e. The van der Waals surface area contributed by atoms with Gasteiger partial charge in [-0.25, -0.2) is 0 Å². The molecule has 2 N–H and O–H groups in total. The minimum absolute atomic E-state index is 0.170. The van der Waals surface area contributed by atoms with E-state index in [4.69, 9.17) is 0 Å². The first kappa shape index (κ1) is 13.5. The first-order chi connectivity index (χ1) is 9.06. The Bertz CT molecular complexity index is 481.